The number of hydrogen-bond acceptors (Lipinski definition) is 5. The highest BCUT2D eigenvalue weighted by molar-refractivity contribution is 8.01. The van der Waals surface area contributed by atoms with Crippen molar-refractivity contribution in [1.82, 2.24) is 0 Å². The second-order valence-electron chi connectivity index (χ2n) is 2.96. The van der Waals surface area contributed by atoms with Crippen LogP contribution in [0.15, 0.2) is 21.7 Å². The Morgan fingerprint density at radius 1 is 1.53 bits per heavy atom. The molecule has 15 heavy (non-hydrogen) atoms. The third kappa shape index (κ3) is 6.17. The highest BCUT2D eigenvalue weighted by Crippen LogP contribution is 2.23. The van der Waals surface area contributed by atoms with Gasteiger partial charge in [0.05, 0.1) is 30.1 Å². The Balaban J connectivity index is 2.01. The first-order chi connectivity index (χ1) is 7.33. The lowest BCUT2D eigenvalue weighted by Gasteiger charge is -2.09. The molecule has 0 spiro atoms. The molecule has 1 atom stereocenters. The molecule has 0 aliphatic heterocycles. The topological polar surface area (TPSA) is 38.7 Å². The molecule has 1 heterocycles. The molecular formula is C10H16O3S2. The van der Waals surface area contributed by atoms with E-state index >= 15 is 0 Å². The summed E-state index contributed by atoms with van der Waals surface area (Å²) in [4.78, 5) is 0. The zero-order valence-corrected chi connectivity index (χ0v) is 10.4. The van der Waals surface area contributed by atoms with E-state index in [0.29, 0.717) is 25.6 Å². The van der Waals surface area contributed by atoms with E-state index in [1.165, 1.54) is 4.21 Å². The van der Waals surface area contributed by atoms with E-state index in [0.717, 1.165) is 0 Å². The van der Waals surface area contributed by atoms with Gasteiger partial charge in [-0.05, 0) is 11.4 Å². The molecule has 0 fully saturated rings. The monoisotopic (exact) mass is 248 g/mol. The maximum atomic E-state index is 9.57. The Labute approximate surface area is 98.4 Å². The largest absolute Gasteiger partial charge is 0.390 e. The van der Waals surface area contributed by atoms with Crippen LogP contribution in [0.25, 0.3) is 0 Å². The van der Waals surface area contributed by atoms with Crippen molar-refractivity contribution in [2.45, 2.75) is 10.3 Å². The van der Waals surface area contributed by atoms with E-state index in [1.54, 1.807) is 30.2 Å². The molecule has 0 aliphatic rings. The van der Waals surface area contributed by atoms with E-state index in [1.807, 2.05) is 17.5 Å². The van der Waals surface area contributed by atoms with E-state index < -0.39 is 6.10 Å². The Bertz CT molecular complexity index is 239. The Morgan fingerprint density at radius 2 is 2.40 bits per heavy atom. The minimum absolute atomic E-state index is 0.377. The van der Waals surface area contributed by atoms with Gasteiger partial charge in [-0.15, -0.1) is 23.1 Å². The number of ether oxygens (including phenoxy) is 2. The van der Waals surface area contributed by atoms with Crippen LogP contribution < -0.4 is 0 Å². The number of thioether (sulfide) groups is 1. The Morgan fingerprint density at radius 3 is 3.07 bits per heavy atom. The normalized spacial score (nSPS) is 12.9. The summed E-state index contributed by atoms with van der Waals surface area (Å²) in [5.74, 6) is 0.674. The van der Waals surface area contributed by atoms with E-state index in [9.17, 15) is 5.11 Å². The maximum Gasteiger partial charge on any atom is 0.0867 e. The van der Waals surface area contributed by atoms with Gasteiger partial charge < -0.3 is 14.6 Å². The van der Waals surface area contributed by atoms with Gasteiger partial charge in [-0.3, -0.25) is 0 Å². The lowest BCUT2D eigenvalue weighted by atomic mass is 10.4. The molecule has 1 aromatic heterocycles. The van der Waals surface area contributed by atoms with Crippen molar-refractivity contribution in [3.63, 3.8) is 0 Å². The molecule has 1 rings (SSSR count). The van der Waals surface area contributed by atoms with Crippen LogP contribution in [-0.2, 0) is 9.47 Å². The first-order valence-electron chi connectivity index (χ1n) is 4.74. The highest BCUT2D eigenvalue weighted by atomic mass is 32.2. The van der Waals surface area contributed by atoms with Crippen LogP contribution in [0, 0.1) is 0 Å². The molecule has 3 nitrogen and oxygen atoms in total. The summed E-state index contributed by atoms with van der Waals surface area (Å²) in [6.45, 7) is 1.49. The average molecular weight is 248 g/mol. The van der Waals surface area contributed by atoms with Crippen molar-refractivity contribution in [2.75, 3.05) is 32.7 Å². The second-order valence-corrected chi connectivity index (χ2v) is 5.23. The summed E-state index contributed by atoms with van der Waals surface area (Å²) in [6.07, 6.45) is -0.408. The van der Waals surface area contributed by atoms with Crippen molar-refractivity contribution < 1.29 is 14.6 Å². The molecule has 0 radical (unpaired) electrons. The van der Waals surface area contributed by atoms with Gasteiger partial charge in [0.15, 0.2) is 0 Å². The fourth-order valence-electron chi connectivity index (χ4n) is 0.934. The third-order valence-electron chi connectivity index (χ3n) is 1.66. The van der Waals surface area contributed by atoms with Gasteiger partial charge >= 0.3 is 0 Å². The van der Waals surface area contributed by atoms with Gasteiger partial charge in [0.25, 0.3) is 0 Å². The number of methoxy groups -OCH3 is 1. The van der Waals surface area contributed by atoms with Gasteiger partial charge in [-0.25, -0.2) is 0 Å². The van der Waals surface area contributed by atoms with Crippen LogP contribution in [0.5, 0.6) is 0 Å². The summed E-state index contributed by atoms with van der Waals surface area (Å²) < 4.78 is 11.3. The minimum atomic E-state index is -0.408. The van der Waals surface area contributed by atoms with Crippen LogP contribution >= 0.6 is 23.1 Å². The molecule has 0 saturated carbocycles. The second kappa shape index (κ2) is 8.13. The van der Waals surface area contributed by atoms with Crippen molar-refractivity contribution in [1.29, 1.82) is 0 Å². The van der Waals surface area contributed by atoms with Crippen LogP contribution in [0.1, 0.15) is 0 Å². The van der Waals surface area contributed by atoms with Crippen LogP contribution in [-0.4, -0.2) is 43.9 Å². The van der Waals surface area contributed by atoms with E-state index in [2.05, 4.69) is 0 Å². The van der Waals surface area contributed by atoms with Crippen molar-refractivity contribution in [3.8, 4) is 0 Å². The average Bonchev–Trinajstić information content (AvgIpc) is 2.74. The summed E-state index contributed by atoms with van der Waals surface area (Å²) in [5, 5.41) is 11.6. The van der Waals surface area contributed by atoms with E-state index in [4.69, 9.17) is 9.47 Å². The maximum absolute atomic E-state index is 9.57. The summed E-state index contributed by atoms with van der Waals surface area (Å²) in [5.41, 5.74) is 0. The molecule has 0 saturated heterocycles. The molecular weight excluding hydrogens is 232 g/mol. The summed E-state index contributed by atoms with van der Waals surface area (Å²) >= 11 is 3.34. The van der Waals surface area contributed by atoms with Gasteiger partial charge in [0.1, 0.15) is 0 Å². The zero-order valence-electron chi connectivity index (χ0n) is 8.72. The molecule has 0 aliphatic carbocycles. The predicted molar refractivity (Wildman–Crippen MR) is 63.7 cm³/mol. The van der Waals surface area contributed by atoms with Crippen molar-refractivity contribution in [3.05, 3.63) is 17.5 Å². The molecule has 0 aromatic carbocycles. The van der Waals surface area contributed by atoms with Crippen LogP contribution in [0.4, 0.5) is 0 Å². The molecule has 86 valence electrons. The van der Waals surface area contributed by atoms with Crippen molar-refractivity contribution in [2.24, 2.45) is 0 Å². The van der Waals surface area contributed by atoms with Gasteiger partial charge in [0.2, 0.25) is 0 Å². The SMILES string of the molecule is COCCOCC(O)CSc1cccs1. The summed E-state index contributed by atoms with van der Waals surface area (Å²) in [7, 11) is 1.63. The molecule has 1 N–H and O–H groups in total. The first kappa shape index (κ1) is 13.0. The molecule has 1 unspecified atom stereocenters. The molecule has 1 aromatic rings. The van der Waals surface area contributed by atoms with E-state index in [-0.39, 0.29) is 0 Å². The van der Waals surface area contributed by atoms with Gasteiger partial charge in [-0.2, -0.15) is 0 Å². The minimum Gasteiger partial charge on any atom is -0.390 e. The standard InChI is InChI=1S/C10H16O3S2/c1-12-4-5-13-7-9(11)8-15-10-3-2-6-14-10/h2-3,6,9,11H,4-5,7-8H2,1H3. The first-order valence-corrected chi connectivity index (χ1v) is 6.60. The number of rotatable bonds is 8. The zero-order chi connectivity index (χ0) is 10.9. The highest BCUT2D eigenvalue weighted by Gasteiger charge is 2.05. The van der Waals surface area contributed by atoms with Crippen molar-refractivity contribution >= 4 is 23.1 Å². The molecule has 0 amide bonds. The quantitative estimate of drug-likeness (QED) is 0.563. The predicted octanol–water partition coefficient (Wildman–Crippen LogP) is 1.86. The third-order valence-corrected chi connectivity index (χ3v) is 3.93. The Kier molecular flexibility index (Phi) is 7.04. The number of thiophene rings is 1. The lowest BCUT2D eigenvalue weighted by molar-refractivity contribution is 0.0218. The molecule has 0 bridgehead atoms. The van der Waals surface area contributed by atoms with Gasteiger partial charge in [-0.1, -0.05) is 6.07 Å². The Hall–Kier alpha value is -0.0700. The number of aliphatic hydroxyl groups excluding tert-OH is 1. The smallest absolute Gasteiger partial charge is 0.0867 e. The fraction of sp³-hybridized carbons (Fsp3) is 0.600. The van der Waals surface area contributed by atoms with Gasteiger partial charge in [0, 0.05) is 12.9 Å². The number of hydrogen-bond donors (Lipinski definition) is 1. The fourth-order valence-corrected chi connectivity index (χ4v) is 2.65. The number of aliphatic hydroxyl groups is 1. The molecule has 5 heteroatoms. The van der Waals surface area contributed by atoms with Crippen LogP contribution in [0.3, 0.4) is 0 Å². The van der Waals surface area contributed by atoms with Crippen LogP contribution in [0.2, 0.25) is 0 Å². The summed E-state index contributed by atoms with van der Waals surface area (Å²) in [6, 6.07) is 4.06. The lowest BCUT2D eigenvalue weighted by Crippen LogP contribution is -2.19.